The van der Waals surface area contributed by atoms with Crippen LogP contribution in [0.3, 0.4) is 0 Å². The number of pyridine rings is 3. The second-order valence-electron chi connectivity index (χ2n) is 13.5. The molecule has 53 heavy (non-hydrogen) atoms. The summed E-state index contributed by atoms with van der Waals surface area (Å²) < 4.78 is 6.59. The molecule has 11 aromatic rings. The van der Waals surface area contributed by atoms with Crippen LogP contribution in [0.15, 0.2) is 180 Å². The number of rotatable bonds is 4. The first-order chi connectivity index (χ1) is 26.3. The zero-order valence-corrected chi connectivity index (χ0v) is 28.5. The highest BCUT2D eigenvalue weighted by atomic mass is 16.3. The van der Waals surface area contributed by atoms with E-state index < -0.39 is 0 Å². The Kier molecular flexibility index (Phi) is 6.52. The normalized spacial score (nSPS) is 11.8. The van der Waals surface area contributed by atoms with Gasteiger partial charge in [0.05, 0.1) is 33.6 Å². The molecular formula is C49H29N3O. The van der Waals surface area contributed by atoms with Crippen LogP contribution in [-0.2, 0) is 0 Å². The Bertz CT molecular complexity index is 3220. The maximum Gasteiger partial charge on any atom is 0.136 e. The summed E-state index contributed by atoms with van der Waals surface area (Å²) in [5, 5.41) is 7.66. The van der Waals surface area contributed by atoms with Crippen LogP contribution in [-0.4, -0.2) is 15.0 Å². The Morgan fingerprint density at radius 2 is 0.943 bits per heavy atom. The topological polar surface area (TPSA) is 51.8 Å². The third kappa shape index (κ3) is 4.73. The van der Waals surface area contributed by atoms with Crippen LogP contribution < -0.4 is 0 Å². The van der Waals surface area contributed by atoms with Crippen molar-refractivity contribution in [1.82, 2.24) is 15.0 Å². The van der Waals surface area contributed by atoms with E-state index in [1.165, 1.54) is 0 Å². The number of benzene rings is 7. The first-order valence-electron chi connectivity index (χ1n) is 17.9. The van der Waals surface area contributed by atoms with Crippen LogP contribution in [0.1, 0.15) is 0 Å². The van der Waals surface area contributed by atoms with Crippen molar-refractivity contribution < 1.29 is 4.42 Å². The van der Waals surface area contributed by atoms with Crippen molar-refractivity contribution in [3.05, 3.63) is 176 Å². The van der Waals surface area contributed by atoms with E-state index in [2.05, 4.69) is 146 Å². The summed E-state index contributed by atoms with van der Waals surface area (Å²) in [4.78, 5) is 15.8. The molecule has 0 aliphatic rings. The van der Waals surface area contributed by atoms with E-state index in [9.17, 15) is 0 Å². The van der Waals surface area contributed by atoms with Crippen molar-refractivity contribution in [3.63, 3.8) is 0 Å². The van der Waals surface area contributed by atoms with Crippen molar-refractivity contribution in [1.29, 1.82) is 0 Å². The summed E-state index contributed by atoms with van der Waals surface area (Å²) in [7, 11) is 0. The van der Waals surface area contributed by atoms with Crippen LogP contribution >= 0.6 is 0 Å². The van der Waals surface area contributed by atoms with Gasteiger partial charge in [0.1, 0.15) is 11.2 Å². The minimum Gasteiger partial charge on any atom is -0.456 e. The van der Waals surface area contributed by atoms with Crippen molar-refractivity contribution in [2.45, 2.75) is 0 Å². The summed E-state index contributed by atoms with van der Waals surface area (Å²) in [6.07, 6.45) is 0. The number of hydrogen-bond donors (Lipinski definition) is 0. The zero-order valence-electron chi connectivity index (χ0n) is 28.5. The van der Waals surface area contributed by atoms with E-state index >= 15 is 0 Å². The van der Waals surface area contributed by atoms with Crippen molar-refractivity contribution in [3.8, 4) is 44.9 Å². The minimum absolute atomic E-state index is 0.845. The molecule has 11 rings (SSSR count). The van der Waals surface area contributed by atoms with Crippen molar-refractivity contribution in [2.75, 3.05) is 0 Å². The maximum atomic E-state index is 6.59. The predicted molar refractivity (Wildman–Crippen MR) is 219 cm³/mol. The van der Waals surface area contributed by atoms with Gasteiger partial charge >= 0.3 is 0 Å². The maximum absolute atomic E-state index is 6.59. The van der Waals surface area contributed by atoms with Gasteiger partial charge in [-0.05, 0) is 42.0 Å². The Morgan fingerprint density at radius 3 is 1.70 bits per heavy atom. The smallest absolute Gasteiger partial charge is 0.136 e. The molecule has 0 bridgehead atoms. The standard InChI is InChI=1S/C49H29N3O/c1-3-12-30(13-4-1)39-26-24-32-22-23-33-25-27-40(51-49(33)48(32)50-39)34-16-11-17-35(28-34)47-38-29-43-46(37-19-8-10-21-42(37)53-43)44(31-14-5-2-6-15-31)45(38)36-18-7-9-20-41(36)52-47/h1-29H. The zero-order chi connectivity index (χ0) is 34.9. The summed E-state index contributed by atoms with van der Waals surface area (Å²) >= 11 is 0. The number of para-hydroxylation sites is 2. The molecular weight excluding hydrogens is 647 g/mol. The van der Waals surface area contributed by atoms with Crippen LogP contribution in [0.5, 0.6) is 0 Å². The molecule has 0 fully saturated rings. The van der Waals surface area contributed by atoms with E-state index in [-0.39, 0.29) is 0 Å². The molecule has 0 amide bonds. The molecule has 0 spiro atoms. The summed E-state index contributed by atoms with van der Waals surface area (Å²) in [5.74, 6) is 0. The second-order valence-corrected chi connectivity index (χ2v) is 13.5. The molecule has 246 valence electrons. The lowest BCUT2D eigenvalue weighted by Gasteiger charge is -2.16. The average Bonchev–Trinajstić information content (AvgIpc) is 3.61. The molecule has 0 radical (unpaired) electrons. The lowest BCUT2D eigenvalue weighted by atomic mass is 9.89. The van der Waals surface area contributed by atoms with Gasteiger partial charge in [0.2, 0.25) is 0 Å². The SMILES string of the molecule is c1ccc(-c2ccc3ccc4ccc(-c5cccc(-c6nc7ccccc7c7c(-c8ccccc8)c8c(cc67)oc6ccccc68)c5)nc4c3n2)cc1. The van der Waals surface area contributed by atoms with Gasteiger partial charge in [-0.15, -0.1) is 0 Å². The Hall–Kier alpha value is -7.17. The lowest BCUT2D eigenvalue weighted by Crippen LogP contribution is -1.94. The number of nitrogens with zero attached hydrogens (tertiary/aromatic N) is 3. The van der Waals surface area contributed by atoms with Gasteiger partial charge in [0.25, 0.3) is 0 Å². The summed E-state index contributed by atoms with van der Waals surface area (Å²) in [6.45, 7) is 0. The number of hydrogen-bond acceptors (Lipinski definition) is 4. The van der Waals surface area contributed by atoms with E-state index in [1.54, 1.807) is 0 Å². The number of aromatic nitrogens is 3. The first kappa shape index (κ1) is 29.5. The van der Waals surface area contributed by atoms with Gasteiger partial charge in [-0.3, -0.25) is 0 Å². The fourth-order valence-electron chi connectivity index (χ4n) is 7.95. The molecule has 4 aromatic heterocycles. The molecule has 4 nitrogen and oxygen atoms in total. The van der Waals surface area contributed by atoms with Crippen LogP contribution in [0.2, 0.25) is 0 Å². The number of furan rings is 1. The molecule has 0 saturated heterocycles. The van der Waals surface area contributed by atoms with E-state index in [4.69, 9.17) is 19.4 Å². The highest BCUT2D eigenvalue weighted by Crippen LogP contribution is 2.46. The monoisotopic (exact) mass is 675 g/mol. The average molecular weight is 676 g/mol. The van der Waals surface area contributed by atoms with E-state index in [0.29, 0.717) is 0 Å². The minimum atomic E-state index is 0.845. The van der Waals surface area contributed by atoms with Gasteiger partial charge < -0.3 is 4.42 Å². The van der Waals surface area contributed by atoms with Crippen molar-refractivity contribution in [2.24, 2.45) is 0 Å². The Labute approximate surface area is 304 Å². The molecule has 0 aliphatic carbocycles. The molecule has 4 heteroatoms. The molecule has 7 aromatic carbocycles. The first-order valence-corrected chi connectivity index (χ1v) is 17.9. The quantitative estimate of drug-likeness (QED) is 0.174. The fraction of sp³-hybridized carbons (Fsp3) is 0. The molecule has 0 atom stereocenters. The molecule has 0 unspecified atom stereocenters. The van der Waals surface area contributed by atoms with Crippen LogP contribution in [0.4, 0.5) is 0 Å². The fourth-order valence-corrected chi connectivity index (χ4v) is 7.95. The Balaban J connectivity index is 1.15. The predicted octanol–water partition coefficient (Wildman–Crippen LogP) is 13.1. The third-order valence-corrected chi connectivity index (χ3v) is 10.4. The van der Waals surface area contributed by atoms with Crippen LogP contribution in [0, 0.1) is 0 Å². The van der Waals surface area contributed by atoms with Crippen LogP contribution in [0.25, 0.3) is 110 Å². The number of fused-ring (bicyclic) bond motifs is 9. The second kappa shape index (κ2) is 11.7. The lowest BCUT2D eigenvalue weighted by molar-refractivity contribution is 0.669. The van der Waals surface area contributed by atoms with Gasteiger partial charge in [0.15, 0.2) is 0 Å². The molecule has 0 saturated carbocycles. The molecule has 4 heterocycles. The summed E-state index contributed by atoms with van der Waals surface area (Å²) in [6, 6.07) is 61.3. The summed E-state index contributed by atoms with van der Waals surface area (Å²) in [5.41, 5.74) is 12.6. The van der Waals surface area contributed by atoms with Gasteiger partial charge in [-0.1, -0.05) is 140 Å². The highest BCUT2D eigenvalue weighted by molar-refractivity contribution is 6.27. The Morgan fingerprint density at radius 1 is 0.358 bits per heavy atom. The molecule has 0 N–H and O–H groups in total. The largest absolute Gasteiger partial charge is 0.456 e. The molecule has 0 aliphatic heterocycles. The van der Waals surface area contributed by atoms with Gasteiger partial charge in [-0.2, -0.15) is 0 Å². The van der Waals surface area contributed by atoms with E-state index in [1.807, 2.05) is 30.3 Å². The van der Waals surface area contributed by atoms with Gasteiger partial charge in [-0.25, -0.2) is 15.0 Å². The third-order valence-electron chi connectivity index (χ3n) is 10.4. The van der Waals surface area contributed by atoms with E-state index in [0.717, 1.165) is 110 Å². The van der Waals surface area contributed by atoms with Gasteiger partial charge in [0, 0.05) is 60.0 Å². The van der Waals surface area contributed by atoms with Crippen molar-refractivity contribution >= 4 is 65.4 Å². The highest BCUT2D eigenvalue weighted by Gasteiger charge is 2.22.